The maximum atomic E-state index is 9.31. The van der Waals surface area contributed by atoms with Gasteiger partial charge in [-0.05, 0) is 52.0 Å². The maximum Gasteiger partial charge on any atom is 0.110 e. The summed E-state index contributed by atoms with van der Waals surface area (Å²) < 4.78 is 2.41. The zero-order valence-electron chi connectivity index (χ0n) is 12.8. The molecule has 0 radical (unpaired) electrons. The number of hydrogen-bond acceptors (Lipinski definition) is 3. The van der Waals surface area contributed by atoms with E-state index in [0.717, 1.165) is 25.8 Å². The first-order valence-electron chi connectivity index (χ1n) is 8.09. The monoisotopic (exact) mass is 277 g/mol. The van der Waals surface area contributed by atoms with Crippen LogP contribution in [0.2, 0.25) is 0 Å². The van der Waals surface area contributed by atoms with Crippen molar-refractivity contribution in [3.63, 3.8) is 0 Å². The molecule has 2 aliphatic rings. The van der Waals surface area contributed by atoms with Gasteiger partial charge in [0.15, 0.2) is 0 Å². The molecule has 0 bridgehead atoms. The highest BCUT2D eigenvalue weighted by molar-refractivity contribution is 5.10. The van der Waals surface area contributed by atoms with Gasteiger partial charge >= 0.3 is 0 Å². The molecule has 1 aromatic heterocycles. The standard InChI is InChI=1S/C16H27N3O/c1-12(2)18-6-3-4-14(18)9-16-17-10-15-8-13(11-20)5-7-19(15)16/h10,12-14,20H,3-9,11H2,1-2H3. The van der Waals surface area contributed by atoms with Crippen molar-refractivity contribution in [2.24, 2.45) is 5.92 Å². The van der Waals surface area contributed by atoms with Crippen molar-refractivity contribution in [1.29, 1.82) is 0 Å². The van der Waals surface area contributed by atoms with Gasteiger partial charge in [0.05, 0.1) is 0 Å². The smallest absolute Gasteiger partial charge is 0.110 e. The Morgan fingerprint density at radius 3 is 2.95 bits per heavy atom. The van der Waals surface area contributed by atoms with E-state index in [4.69, 9.17) is 0 Å². The molecule has 4 heteroatoms. The highest BCUT2D eigenvalue weighted by atomic mass is 16.3. The van der Waals surface area contributed by atoms with Crippen molar-refractivity contribution in [1.82, 2.24) is 14.5 Å². The van der Waals surface area contributed by atoms with E-state index >= 15 is 0 Å². The fraction of sp³-hybridized carbons (Fsp3) is 0.812. The Labute approximate surface area is 121 Å². The van der Waals surface area contributed by atoms with Crippen LogP contribution in [0.1, 0.15) is 44.6 Å². The second-order valence-corrected chi connectivity index (χ2v) is 6.69. The van der Waals surface area contributed by atoms with Crippen LogP contribution in [0.4, 0.5) is 0 Å². The van der Waals surface area contributed by atoms with E-state index in [2.05, 4.69) is 28.3 Å². The summed E-state index contributed by atoms with van der Waals surface area (Å²) in [5.41, 5.74) is 1.32. The van der Waals surface area contributed by atoms with Crippen LogP contribution < -0.4 is 0 Å². The maximum absolute atomic E-state index is 9.31. The zero-order chi connectivity index (χ0) is 14.1. The summed E-state index contributed by atoms with van der Waals surface area (Å²) in [7, 11) is 0. The summed E-state index contributed by atoms with van der Waals surface area (Å²) in [5.74, 6) is 1.69. The van der Waals surface area contributed by atoms with Crippen molar-refractivity contribution in [3.05, 3.63) is 17.7 Å². The van der Waals surface area contributed by atoms with Gasteiger partial charge in [-0.1, -0.05) is 0 Å². The van der Waals surface area contributed by atoms with Gasteiger partial charge < -0.3 is 9.67 Å². The van der Waals surface area contributed by atoms with Crippen molar-refractivity contribution in [2.45, 2.75) is 64.6 Å². The molecule has 2 aliphatic heterocycles. The van der Waals surface area contributed by atoms with Crippen LogP contribution in [0.15, 0.2) is 6.20 Å². The van der Waals surface area contributed by atoms with Gasteiger partial charge in [-0.2, -0.15) is 0 Å². The van der Waals surface area contributed by atoms with Crippen LogP contribution in [0.3, 0.4) is 0 Å². The SMILES string of the molecule is CC(C)N1CCCC1Cc1ncc2n1CCC(CO)C2. The highest BCUT2D eigenvalue weighted by Crippen LogP contribution is 2.26. The molecule has 1 fully saturated rings. The van der Waals surface area contributed by atoms with Gasteiger partial charge in [-0.15, -0.1) is 0 Å². The first-order valence-corrected chi connectivity index (χ1v) is 8.09. The third kappa shape index (κ3) is 2.63. The van der Waals surface area contributed by atoms with Gasteiger partial charge in [0, 0.05) is 43.5 Å². The molecular weight excluding hydrogens is 250 g/mol. The molecule has 3 rings (SSSR count). The number of nitrogens with zero attached hydrogens (tertiary/aromatic N) is 3. The Morgan fingerprint density at radius 2 is 2.20 bits per heavy atom. The molecule has 0 aromatic carbocycles. The molecule has 4 nitrogen and oxygen atoms in total. The molecule has 1 aromatic rings. The minimum Gasteiger partial charge on any atom is -0.396 e. The number of hydrogen-bond donors (Lipinski definition) is 1. The fourth-order valence-corrected chi connectivity index (χ4v) is 3.89. The fourth-order valence-electron chi connectivity index (χ4n) is 3.89. The lowest BCUT2D eigenvalue weighted by molar-refractivity contribution is 0.192. The minimum absolute atomic E-state index is 0.310. The molecule has 1 saturated heterocycles. The highest BCUT2D eigenvalue weighted by Gasteiger charge is 2.29. The first kappa shape index (κ1) is 14.1. The Morgan fingerprint density at radius 1 is 1.35 bits per heavy atom. The van der Waals surface area contributed by atoms with Crippen LogP contribution in [0, 0.1) is 5.92 Å². The normalized spacial score (nSPS) is 27.2. The summed E-state index contributed by atoms with van der Waals surface area (Å²) in [6.07, 6.45) is 7.82. The van der Waals surface area contributed by atoms with Gasteiger partial charge in [0.1, 0.15) is 5.82 Å². The third-order valence-electron chi connectivity index (χ3n) is 5.04. The molecule has 2 unspecified atom stereocenters. The van der Waals surface area contributed by atoms with Gasteiger partial charge in [0.2, 0.25) is 0 Å². The number of fused-ring (bicyclic) bond motifs is 1. The number of likely N-dealkylation sites (tertiary alicyclic amines) is 1. The molecule has 112 valence electrons. The number of aromatic nitrogens is 2. The lowest BCUT2D eigenvalue weighted by atomic mass is 9.97. The molecule has 20 heavy (non-hydrogen) atoms. The van der Waals surface area contributed by atoms with E-state index < -0.39 is 0 Å². The van der Waals surface area contributed by atoms with Crippen LogP contribution in [0.5, 0.6) is 0 Å². The Kier molecular flexibility index (Phi) is 4.13. The van der Waals surface area contributed by atoms with Crippen molar-refractivity contribution < 1.29 is 5.11 Å². The summed E-state index contributed by atoms with van der Waals surface area (Å²) in [5, 5.41) is 9.31. The molecule has 0 aliphatic carbocycles. The van der Waals surface area contributed by atoms with Crippen LogP contribution in [-0.4, -0.2) is 44.8 Å². The van der Waals surface area contributed by atoms with E-state index in [9.17, 15) is 5.11 Å². The average molecular weight is 277 g/mol. The molecule has 2 atom stereocenters. The Balaban J connectivity index is 1.71. The number of imidazole rings is 1. The lowest BCUT2D eigenvalue weighted by Crippen LogP contribution is -2.37. The average Bonchev–Trinajstić information content (AvgIpc) is 3.06. The molecular formula is C16H27N3O. The number of aliphatic hydroxyl groups excluding tert-OH is 1. The summed E-state index contributed by atoms with van der Waals surface area (Å²) in [6, 6.07) is 1.30. The quantitative estimate of drug-likeness (QED) is 0.913. The van der Waals surface area contributed by atoms with Gasteiger partial charge in [-0.3, -0.25) is 4.90 Å². The van der Waals surface area contributed by atoms with Crippen molar-refractivity contribution in [2.75, 3.05) is 13.2 Å². The van der Waals surface area contributed by atoms with Crippen LogP contribution in [0.25, 0.3) is 0 Å². The van der Waals surface area contributed by atoms with E-state index in [0.29, 0.717) is 24.6 Å². The predicted molar refractivity (Wildman–Crippen MR) is 79.7 cm³/mol. The molecule has 0 spiro atoms. The summed E-state index contributed by atoms with van der Waals surface area (Å²) in [4.78, 5) is 7.30. The molecule has 1 N–H and O–H groups in total. The zero-order valence-corrected chi connectivity index (χ0v) is 12.8. The minimum atomic E-state index is 0.310. The Bertz CT molecular complexity index is 455. The number of aliphatic hydroxyl groups is 1. The topological polar surface area (TPSA) is 41.3 Å². The lowest BCUT2D eigenvalue weighted by Gasteiger charge is -2.29. The molecule has 3 heterocycles. The summed E-state index contributed by atoms with van der Waals surface area (Å²) in [6.45, 7) is 7.17. The second-order valence-electron chi connectivity index (χ2n) is 6.69. The van der Waals surface area contributed by atoms with E-state index in [1.807, 2.05) is 6.20 Å². The van der Waals surface area contributed by atoms with E-state index in [1.54, 1.807) is 0 Å². The summed E-state index contributed by atoms with van der Waals surface area (Å²) >= 11 is 0. The third-order valence-corrected chi connectivity index (χ3v) is 5.04. The van der Waals surface area contributed by atoms with E-state index in [1.165, 1.54) is 30.9 Å². The Hall–Kier alpha value is -0.870. The van der Waals surface area contributed by atoms with Crippen LogP contribution >= 0.6 is 0 Å². The molecule has 0 saturated carbocycles. The van der Waals surface area contributed by atoms with Gasteiger partial charge in [0.25, 0.3) is 0 Å². The van der Waals surface area contributed by atoms with Crippen LogP contribution in [-0.2, 0) is 19.4 Å². The number of rotatable bonds is 4. The predicted octanol–water partition coefficient (Wildman–Crippen LogP) is 1.85. The van der Waals surface area contributed by atoms with E-state index in [-0.39, 0.29) is 0 Å². The molecule has 0 amide bonds. The van der Waals surface area contributed by atoms with Crippen molar-refractivity contribution >= 4 is 0 Å². The first-order chi connectivity index (χ1) is 9.69. The largest absolute Gasteiger partial charge is 0.396 e. The van der Waals surface area contributed by atoms with Crippen molar-refractivity contribution in [3.8, 4) is 0 Å². The van der Waals surface area contributed by atoms with Gasteiger partial charge in [-0.25, -0.2) is 4.98 Å². The second kappa shape index (κ2) is 5.86.